The van der Waals surface area contributed by atoms with Gasteiger partial charge in [0.25, 0.3) is 0 Å². The number of benzene rings is 1. The Hall–Kier alpha value is -2.45. The topological polar surface area (TPSA) is 133 Å². The number of aliphatic carboxylic acids is 1. The molecule has 2 heterocycles. The molecule has 1 aromatic heterocycles. The van der Waals surface area contributed by atoms with Gasteiger partial charge in [0.2, 0.25) is 0 Å². The van der Waals surface area contributed by atoms with Gasteiger partial charge in [-0.15, -0.1) is 0 Å². The Balaban J connectivity index is 1.63. The average molecular weight is 551 g/mol. The van der Waals surface area contributed by atoms with Crippen molar-refractivity contribution < 1.29 is 44.6 Å². The first-order valence-electron chi connectivity index (χ1n) is 11.2. The number of aryl methyl sites for hydroxylation is 1. The second-order valence-corrected chi connectivity index (χ2v) is 13.7. The van der Waals surface area contributed by atoms with Gasteiger partial charge >= 0.3 is 12.1 Å². The predicted molar refractivity (Wildman–Crippen MR) is 122 cm³/mol. The molecule has 2 fully saturated rings. The summed E-state index contributed by atoms with van der Waals surface area (Å²) in [6, 6.07) is 2.92. The van der Waals surface area contributed by atoms with Crippen LogP contribution in [0.5, 0.6) is 0 Å². The van der Waals surface area contributed by atoms with Crippen LogP contribution >= 0.6 is 0 Å². The third-order valence-corrected chi connectivity index (χ3v) is 10.7. The van der Waals surface area contributed by atoms with Crippen LogP contribution in [0.1, 0.15) is 31.2 Å². The van der Waals surface area contributed by atoms with Crippen molar-refractivity contribution in [2.24, 2.45) is 13.0 Å². The van der Waals surface area contributed by atoms with Crippen molar-refractivity contribution in [3.63, 3.8) is 0 Å². The summed E-state index contributed by atoms with van der Waals surface area (Å²) in [6.45, 7) is 0. The number of sulfone groups is 2. The number of ether oxygens (including phenoxy) is 1. The summed E-state index contributed by atoms with van der Waals surface area (Å²) in [5.41, 5.74) is -0.822. The van der Waals surface area contributed by atoms with Crippen LogP contribution < -0.4 is 0 Å². The molecule has 3 atom stereocenters. The number of carbonyl (C=O) groups is 1. The monoisotopic (exact) mass is 550 g/mol. The smallest absolute Gasteiger partial charge is 0.417 e. The van der Waals surface area contributed by atoms with Crippen molar-refractivity contribution in [2.75, 3.05) is 11.5 Å². The minimum absolute atomic E-state index is 0.123. The average Bonchev–Trinajstić information content (AvgIpc) is 3.41. The molecule has 0 unspecified atom stereocenters. The Labute approximate surface area is 206 Å². The van der Waals surface area contributed by atoms with Gasteiger partial charge in [-0.2, -0.15) is 18.3 Å². The van der Waals surface area contributed by atoms with E-state index in [2.05, 4.69) is 5.10 Å². The van der Waals surface area contributed by atoms with E-state index in [1.54, 1.807) is 7.05 Å². The summed E-state index contributed by atoms with van der Waals surface area (Å²) >= 11 is 0. The van der Waals surface area contributed by atoms with E-state index in [9.17, 15) is 39.9 Å². The first kappa shape index (κ1) is 26.6. The van der Waals surface area contributed by atoms with Gasteiger partial charge in [-0.1, -0.05) is 6.07 Å². The van der Waals surface area contributed by atoms with Crippen molar-refractivity contribution >= 4 is 25.6 Å². The molecule has 0 spiro atoms. The Kier molecular flexibility index (Phi) is 6.99. The molecular weight excluding hydrogens is 525 g/mol. The van der Waals surface area contributed by atoms with Gasteiger partial charge in [0.05, 0.1) is 51.5 Å². The van der Waals surface area contributed by atoms with E-state index >= 15 is 0 Å². The summed E-state index contributed by atoms with van der Waals surface area (Å²) in [4.78, 5) is 10.9. The van der Waals surface area contributed by atoms with Crippen molar-refractivity contribution in [3.05, 3.63) is 36.2 Å². The zero-order valence-electron chi connectivity index (χ0n) is 19.2. The van der Waals surface area contributed by atoms with Crippen molar-refractivity contribution in [1.29, 1.82) is 0 Å². The molecule has 2 aliphatic rings. The van der Waals surface area contributed by atoms with Gasteiger partial charge in [0.1, 0.15) is 0 Å². The molecule has 0 bridgehead atoms. The van der Waals surface area contributed by atoms with E-state index in [0.717, 1.165) is 12.1 Å². The summed E-state index contributed by atoms with van der Waals surface area (Å²) < 4.78 is 99.2. The van der Waals surface area contributed by atoms with Crippen LogP contribution in [0.15, 0.2) is 35.5 Å². The zero-order valence-corrected chi connectivity index (χ0v) is 20.8. The zero-order chi connectivity index (χ0) is 26.5. The molecule has 1 saturated carbocycles. The second kappa shape index (κ2) is 9.45. The van der Waals surface area contributed by atoms with Crippen LogP contribution in [-0.2, 0) is 42.4 Å². The Morgan fingerprint density at radius 2 is 1.83 bits per heavy atom. The second-order valence-electron chi connectivity index (χ2n) is 9.22. The Morgan fingerprint density at radius 1 is 1.17 bits per heavy atom. The molecular formula is C22H25F3N2O7S2. The third-order valence-electron chi connectivity index (χ3n) is 6.72. The molecule has 1 saturated heterocycles. The first-order chi connectivity index (χ1) is 16.7. The fourth-order valence-corrected chi connectivity index (χ4v) is 8.25. The molecule has 198 valence electrons. The summed E-state index contributed by atoms with van der Waals surface area (Å²) in [5.74, 6) is -2.80. The number of hydrogen-bond acceptors (Lipinski definition) is 7. The lowest BCUT2D eigenvalue weighted by Crippen LogP contribution is -2.35. The fraction of sp³-hybridized carbons (Fsp3) is 0.545. The normalized spacial score (nSPS) is 25.2. The molecule has 36 heavy (non-hydrogen) atoms. The van der Waals surface area contributed by atoms with Gasteiger partial charge in [-0.05, 0) is 43.4 Å². The van der Waals surface area contributed by atoms with Crippen LogP contribution in [0, 0.1) is 5.92 Å². The minimum Gasteiger partial charge on any atom is -0.481 e. The van der Waals surface area contributed by atoms with Gasteiger partial charge < -0.3 is 9.84 Å². The van der Waals surface area contributed by atoms with Gasteiger partial charge in [0, 0.05) is 18.8 Å². The van der Waals surface area contributed by atoms with E-state index in [1.807, 2.05) is 0 Å². The van der Waals surface area contributed by atoms with E-state index in [0.29, 0.717) is 5.56 Å². The van der Waals surface area contributed by atoms with Crippen molar-refractivity contribution in [1.82, 2.24) is 9.78 Å². The molecule has 1 aliphatic heterocycles. The van der Waals surface area contributed by atoms with Crippen LogP contribution in [0.4, 0.5) is 13.2 Å². The standard InChI is InChI=1S/C22H25F3N2O7S2/c1-27-12-14(11-26-27)13-2-3-20(18(8-13)22(23,24)25)36(32,33)16-9-17(21(28)29)19(10-16)34-15-4-6-35(30,31)7-5-15/h2-3,8,11-12,15-17,19H,4-7,9-10H2,1H3,(H,28,29)/t16-,17-,19-/m1/s1. The van der Waals surface area contributed by atoms with Crippen LogP contribution in [-0.4, -0.2) is 66.7 Å². The lowest BCUT2D eigenvalue weighted by Gasteiger charge is -2.27. The van der Waals surface area contributed by atoms with Gasteiger partial charge in [0.15, 0.2) is 19.7 Å². The molecule has 1 aromatic carbocycles. The highest BCUT2D eigenvalue weighted by atomic mass is 32.2. The van der Waals surface area contributed by atoms with Crippen LogP contribution in [0.2, 0.25) is 0 Å². The fourth-order valence-electron chi connectivity index (χ4n) is 4.80. The highest BCUT2D eigenvalue weighted by molar-refractivity contribution is 7.92. The molecule has 14 heteroatoms. The van der Waals surface area contributed by atoms with Crippen molar-refractivity contribution in [2.45, 2.75) is 54.2 Å². The Morgan fingerprint density at radius 3 is 2.39 bits per heavy atom. The minimum atomic E-state index is -4.98. The molecule has 9 nitrogen and oxygen atoms in total. The van der Waals surface area contributed by atoms with Gasteiger partial charge in [-0.3, -0.25) is 9.48 Å². The number of nitrogens with zero attached hydrogens (tertiary/aromatic N) is 2. The molecule has 1 aliphatic carbocycles. The van der Waals surface area contributed by atoms with Gasteiger partial charge in [-0.25, -0.2) is 16.8 Å². The number of carboxylic acid groups (broad SMARTS) is 1. The maximum absolute atomic E-state index is 14.0. The highest BCUT2D eigenvalue weighted by Gasteiger charge is 2.48. The summed E-state index contributed by atoms with van der Waals surface area (Å²) in [5, 5.41) is 12.2. The molecule has 1 N–H and O–H groups in total. The molecule has 0 radical (unpaired) electrons. The summed E-state index contributed by atoms with van der Waals surface area (Å²) in [7, 11) is -6.19. The maximum Gasteiger partial charge on any atom is 0.417 e. The lowest BCUT2D eigenvalue weighted by molar-refractivity contribution is -0.148. The molecule has 4 rings (SSSR count). The Bertz CT molecular complexity index is 1360. The molecule has 0 amide bonds. The largest absolute Gasteiger partial charge is 0.481 e. The number of aromatic nitrogens is 2. The quantitative estimate of drug-likeness (QED) is 0.581. The summed E-state index contributed by atoms with van der Waals surface area (Å²) in [6.07, 6.45) is -4.16. The van der Waals surface area contributed by atoms with Crippen LogP contribution in [0.3, 0.4) is 0 Å². The first-order valence-corrected chi connectivity index (χ1v) is 14.6. The number of halogens is 3. The number of alkyl halides is 3. The maximum atomic E-state index is 14.0. The number of rotatable bonds is 6. The van der Waals surface area contributed by atoms with Crippen LogP contribution in [0.25, 0.3) is 11.1 Å². The SMILES string of the molecule is Cn1cc(-c2ccc(S(=O)(=O)[C@H]3C[C@@H](OC4CCS(=O)(=O)CC4)[C@H](C(=O)O)C3)c(C(F)(F)F)c2)cn1. The van der Waals surface area contributed by atoms with E-state index in [1.165, 1.54) is 23.1 Å². The predicted octanol–water partition coefficient (Wildman–Crippen LogP) is 2.71. The van der Waals surface area contributed by atoms with E-state index < -0.39 is 72.1 Å². The van der Waals surface area contributed by atoms with E-state index in [4.69, 9.17) is 4.74 Å². The number of carboxylic acids is 1. The number of hydrogen-bond donors (Lipinski definition) is 1. The third kappa shape index (κ3) is 5.44. The van der Waals surface area contributed by atoms with Crippen molar-refractivity contribution in [3.8, 4) is 11.1 Å². The van der Waals surface area contributed by atoms with E-state index in [-0.39, 0.29) is 36.3 Å². The lowest BCUT2D eigenvalue weighted by atomic mass is 10.1. The molecule has 2 aromatic rings. The highest BCUT2D eigenvalue weighted by Crippen LogP contribution is 2.42.